The van der Waals surface area contributed by atoms with Crippen molar-refractivity contribution in [1.82, 2.24) is 4.90 Å². The number of methoxy groups -OCH3 is 2. The molecule has 3 N–H and O–H groups in total. The van der Waals surface area contributed by atoms with E-state index in [0.29, 0.717) is 17.2 Å². The van der Waals surface area contributed by atoms with Crippen molar-refractivity contribution >= 4 is 11.4 Å². The van der Waals surface area contributed by atoms with Crippen LogP contribution in [0.2, 0.25) is 0 Å². The van der Waals surface area contributed by atoms with Crippen LogP contribution in [0.5, 0.6) is 11.5 Å². The molecule has 0 aliphatic carbocycles. The summed E-state index contributed by atoms with van der Waals surface area (Å²) < 4.78 is 10.5. The second-order valence-corrected chi connectivity index (χ2v) is 4.77. The molecule has 0 bridgehead atoms. The Hall–Kier alpha value is -1.62. The van der Waals surface area contributed by atoms with Gasteiger partial charge in [-0.05, 0) is 25.9 Å². The second kappa shape index (κ2) is 6.52. The van der Waals surface area contributed by atoms with E-state index in [2.05, 4.69) is 10.2 Å². The van der Waals surface area contributed by atoms with Gasteiger partial charge in [-0.2, -0.15) is 0 Å². The molecule has 1 aromatic carbocycles. The predicted molar refractivity (Wildman–Crippen MR) is 78.1 cm³/mol. The minimum absolute atomic E-state index is 0.657. The van der Waals surface area contributed by atoms with Crippen LogP contribution in [0.1, 0.15) is 12.8 Å². The summed E-state index contributed by atoms with van der Waals surface area (Å²) in [6, 6.07) is 3.68. The van der Waals surface area contributed by atoms with Gasteiger partial charge in [-0.3, -0.25) is 0 Å². The van der Waals surface area contributed by atoms with Gasteiger partial charge in [0, 0.05) is 25.2 Å². The number of benzene rings is 1. The molecule has 0 aromatic heterocycles. The Kier molecular flexibility index (Phi) is 4.74. The lowest BCUT2D eigenvalue weighted by Crippen LogP contribution is -2.26. The van der Waals surface area contributed by atoms with Crippen LogP contribution in [-0.2, 0) is 0 Å². The van der Waals surface area contributed by atoms with Crippen LogP contribution < -0.4 is 20.5 Å². The van der Waals surface area contributed by atoms with Crippen molar-refractivity contribution in [3.05, 3.63) is 12.1 Å². The zero-order valence-electron chi connectivity index (χ0n) is 11.7. The first-order chi connectivity index (χ1) is 9.24. The number of nitrogens with zero attached hydrogens (tertiary/aromatic N) is 1. The first-order valence-electron chi connectivity index (χ1n) is 6.72. The number of likely N-dealkylation sites (tertiary alicyclic amines) is 1. The summed E-state index contributed by atoms with van der Waals surface area (Å²) in [6.45, 7) is 4.36. The average molecular weight is 265 g/mol. The van der Waals surface area contributed by atoms with Gasteiger partial charge in [0.25, 0.3) is 0 Å². The van der Waals surface area contributed by atoms with Crippen molar-refractivity contribution in [2.75, 3.05) is 51.4 Å². The van der Waals surface area contributed by atoms with E-state index in [1.54, 1.807) is 20.3 Å². The number of hydrogen-bond donors (Lipinski definition) is 2. The van der Waals surface area contributed by atoms with Crippen LogP contribution in [0.4, 0.5) is 11.4 Å². The van der Waals surface area contributed by atoms with Crippen molar-refractivity contribution in [3.63, 3.8) is 0 Å². The molecule has 1 fully saturated rings. The molecular weight excluding hydrogens is 242 g/mol. The monoisotopic (exact) mass is 265 g/mol. The van der Waals surface area contributed by atoms with Gasteiger partial charge < -0.3 is 25.4 Å². The van der Waals surface area contributed by atoms with Gasteiger partial charge >= 0.3 is 0 Å². The molecule has 5 nitrogen and oxygen atoms in total. The first-order valence-corrected chi connectivity index (χ1v) is 6.72. The topological polar surface area (TPSA) is 59.8 Å². The van der Waals surface area contributed by atoms with Crippen molar-refractivity contribution < 1.29 is 9.47 Å². The number of nitrogens with one attached hydrogen (secondary N) is 1. The van der Waals surface area contributed by atoms with Crippen LogP contribution in [0.15, 0.2) is 12.1 Å². The van der Waals surface area contributed by atoms with Gasteiger partial charge in [0.05, 0.1) is 25.6 Å². The summed E-state index contributed by atoms with van der Waals surface area (Å²) in [5.74, 6) is 1.35. The van der Waals surface area contributed by atoms with Gasteiger partial charge in [-0.1, -0.05) is 0 Å². The SMILES string of the molecule is COc1cc(N)c(NCCN2CCCC2)cc1OC. The van der Waals surface area contributed by atoms with Gasteiger partial charge in [-0.25, -0.2) is 0 Å². The molecule has 19 heavy (non-hydrogen) atoms. The van der Waals surface area contributed by atoms with E-state index in [1.807, 2.05) is 6.07 Å². The molecule has 2 rings (SSSR count). The number of nitrogens with two attached hydrogens (primary N) is 1. The third-order valence-corrected chi connectivity index (χ3v) is 3.50. The Labute approximate surface area is 114 Å². The summed E-state index contributed by atoms with van der Waals surface area (Å²) in [5.41, 5.74) is 7.58. The molecule has 5 heteroatoms. The molecule has 106 valence electrons. The van der Waals surface area contributed by atoms with E-state index >= 15 is 0 Å². The highest BCUT2D eigenvalue weighted by Gasteiger charge is 2.12. The molecule has 0 radical (unpaired) electrons. The summed E-state index contributed by atoms with van der Waals surface area (Å²) in [4.78, 5) is 2.46. The lowest BCUT2D eigenvalue weighted by atomic mass is 10.2. The van der Waals surface area contributed by atoms with Crippen LogP contribution in [0.25, 0.3) is 0 Å². The zero-order valence-corrected chi connectivity index (χ0v) is 11.7. The Morgan fingerprint density at radius 1 is 1.16 bits per heavy atom. The molecule has 1 aromatic rings. The van der Waals surface area contributed by atoms with Crippen LogP contribution in [0.3, 0.4) is 0 Å². The molecule has 1 aliphatic heterocycles. The Morgan fingerprint density at radius 2 is 1.79 bits per heavy atom. The van der Waals surface area contributed by atoms with E-state index in [9.17, 15) is 0 Å². The van der Waals surface area contributed by atoms with Crippen LogP contribution >= 0.6 is 0 Å². The zero-order chi connectivity index (χ0) is 13.7. The quantitative estimate of drug-likeness (QED) is 0.768. The molecule has 0 amide bonds. The third kappa shape index (κ3) is 3.44. The summed E-state index contributed by atoms with van der Waals surface area (Å²) in [7, 11) is 3.24. The minimum Gasteiger partial charge on any atom is -0.493 e. The Bertz CT molecular complexity index is 417. The fourth-order valence-electron chi connectivity index (χ4n) is 2.40. The fourth-order valence-corrected chi connectivity index (χ4v) is 2.40. The van der Waals surface area contributed by atoms with Crippen molar-refractivity contribution in [2.45, 2.75) is 12.8 Å². The molecule has 0 atom stereocenters. The maximum Gasteiger partial charge on any atom is 0.162 e. The number of anilines is 2. The van der Waals surface area contributed by atoms with Crippen molar-refractivity contribution in [2.24, 2.45) is 0 Å². The molecule has 0 saturated carbocycles. The standard InChI is InChI=1S/C14H23N3O2/c1-18-13-9-11(15)12(10-14(13)19-2)16-5-8-17-6-3-4-7-17/h9-10,16H,3-8,15H2,1-2H3. The summed E-state index contributed by atoms with van der Waals surface area (Å²) in [6.07, 6.45) is 2.64. The number of ether oxygens (including phenoxy) is 2. The highest BCUT2D eigenvalue weighted by Crippen LogP contribution is 2.34. The third-order valence-electron chi connectivity index (χ3n) is 3.50. The molecular formula is C14H23N3O2. The molecule has 0 spiro atoms. The van der Waals surface area contributed by atoms with E-state index in [1.165, 1.54) is 25.9 Å². The maximum atomic E-state index is 6.00. The normalized spacial score (nSPS) is 15.5. The van der Waals surface area contributed by atoms with Gasteiger partial charge in [0.2, 0.25) is 0 Å². The summed E-state index contributed by atoms with van der Waals surface area (Å²) in [5, 5.41) is 3.36. The van der Waals surface area contributed by atoms with Gasteiger partial charge in [0.1, 0.15) is 0 Å². The summed E-state index contributed by atoms with van der Waals surface area (Å²) >= 11 is 0. The highest BCUT2D eigenvalue weighted by molar-refractivity contribution is 5.72. The highest BCUT2D eigenvalue weighted by atomic mass is 16.5. The lowest BCUT2D eigenvalue weighted by Gasteiger charge is -2.17. The lowest BCUT2D eigenvalue weighted by molar-refractivity contribution is 0.352. The van der Waals surface area contributed by atoms with E-state index in [-0.39, 0.29) is 0 Å². The van der Waals surface area contributed by atoms with Crippen molar-refractivity contribution in [3.8, 4) is 11.5 Å². The van der Waals surface area contributed by atoms with Gasteiger partial charge in [-0.15, -0.1) is 0 Å². The van der Waals surface area contributed by atoms with E-state index < -0.39 is 0 Å². The predicted octanol–water partition coefficient (Wildman–Crippen LogP) is 1.79. The maximum absolute atomic E-state index is 6.00. The van der Waals surface area contributed by atoms with E-state index in [4.69, 9.17) is 15.2 Å². The molecule has 0 unspecified atom stereocenters. The Morgan fingerprint density at radius 3 is 2.42 bits per heavy atom. The number of rotatable bonds is 6. The second-order valence-electron chi connectivity index (χ2n) is 4.77. The molecule has 1 aliphatic rings. The Balaban J connectivity index is 1.95. The molecule has 1 saturated heterocycles. The fraction of sp³-hybridized carbons (Fsp3) is 0.571. The van der Waals surface area contributed by atoms with Crippen LogP contribution in [0, 0.1) is 0 Å². The van der Waals surface area contributed by atoms with Crippen molar-refractivity contribution in [1.29, 1.82) is 0 Å². The number of nitrogen functional groups attached to an aromatic ring is 1. The minimum atomic E-state index is 0.657. The molecule has 1 heterocycles. The first kappa shape index (κ1) is 13.8. The smallest absolute Gasteiger partial charge is 0.162 e. The average Bonchev–Trinajstić information content (AvgIpc) is 2.93. The van der Waals surface area contributed by atoms with Gasteiger partial charge in [0.15, 0.2) is 11.5 Å². The largest absolute Gasteiger partial charge is 0.493 e. The van der Waals surface area contributed by atoms with E-state index in [0.717, 1.165) is 18.8 Å². The van der Waals surface area contributed by atoms with Crippen LogP contribution in [-0.4, -0.2) is 45.3 Å². The number of hydrogen-bond acceptors (Lipinski definition) is 5.